The van der Waals surface area contributed by atoms with Crippen LogP contribution in [0, 0.1) is 13.8 Å². The zero-order valence-corrected chi connectivity index (χ0v) is 9.06. The molecule has 1 aromatic carbocycles. The van der Waals surface area contributed by atoms with Crippen LogP contribution in [-0.2, 0) is 11.2 Å². The quantitative estimate of drug-likeness (QED) is 0.837. The molecule has 0 saturated carbocycles. The lowest BCUT2D eigenvalue weighted by Gasteiger charge is -2.09. The molecule has 0 spiro atoms. The minimum Gasteiger partial charge on any atom is -0.481 e. The van der Waals surface area contributed by atoms with E-state index in [4.69, 9.17) is 16.7 Å². The monoisotopic (exact) mass is 212 g/mol. The highest BCUT2D eigenvalue weighted by molar-refractivity contribution is 6.31. The Morgan fingerprint density at radius 2 is 2.07 bits per heavy atom. The number of aliphatic carboxylic acids is 1. The lowest BCUT2D eigenvalue weighted by atomic mass is 10.00. The van der Waals surface area contributed by atoms with Crippen molar-refractivity contribution in [2.24, 2.45) is 0 Å². The zero-order valence-electron chi connectivity index (χ0n) is 8.30. The van der Waals surface area contributed by atoms with Gasteiger partial charge in [-0.25, -0.2) is 0 Å². The van der Waals surface area contributed by atoms with E-state index in [1.165, 1.54) is 0 Å². The lowest BCUT2D eigenvalue weighted by molar-refractivity contribution is -0.136. The lowest BCUT2D eigenvalue weighted by Crippen LogP contribution is -2.00. The first kappa shape index (κ1) is 11.1. The summed E-state index contributed by atoms with van der Waals surface area (Å²) in [5.74, 6) is -0.790. The van der Waals surface area contributed by atoms with Crippen LogP contribution in [0.25, 0.3) is 0 Å². The van der Waals surface area contributed by atoms with E-state index in [0.29, 0.717) is 11.4 Å². The van der Waals surface area contributed by atoms with Gasteiger partial charge in [0.15, 0.2) is 0 Å². The average Bonchev–Trinajstić information content (AvgIpc) is 2.11. The van der Waals surface area contributed by atoms with Crippen LogP contribution in [0.1, 0.15) is 23.1 Å². The molecule has 2 nitrogen and oxygen atoms in total. The van der Waals surface area contributed by atoms with Crippen molar-refractivity contribution in [1.82, 2.24) is 0 Å². The van der Waals surface area contributed by atoms with Gasteiger partial charge in [0.1, 0.15) is 0 Å². The van der Waals surface area contributed by atoms with Crippen molar-refractivity contribution in [2.45, 2.75) is 26.7 Å². The molecule has 3 heteroatoms. The number of hydrogen-bond donors (Lipinski definition) is 1. The van der Waals surface area contributed by atoms with Crippen LogP contribution < -0.4 is 0 Å². The third-order valence-corrected chi connectivity index (χ3v) is 2.76. The molecule has 0 saturated heterocycles. The van der Waals surface area contributed by atoms with Crippen LogP contribution in [0.4, 0.5) is 0 Å². The van der Waals surface area contributed by atoms with Gasteiger partial charge in [-0.3, -0.25) is 4.79 Å². The van der Waals surface area contributed by atoms with E-state index >= 15 is 0 Å². The first-order chi connectivity index (χ1) is 6.52. The molecule has 0 amide bonds. The Labute approximate surface area is 88.5 Å². The first-order valence-corrected chi connectivity index (χ1v) is 4.86. The molecule has 1 N–H and O–H groups in total. The number of aryl methyl sites for hydroxylation is 1. The Hall–Kier alpha value is -1.02. The molecule has 0 fully saturated rings. The maximum Gasteiger partial charge on any atom is 0.303 e. The molecule has 1 aromatic rings. The highest BCUT2D eigenvalue weighted by Gasteiger charge is 2.08. The van der Waals surface area contributed by atoms with Crippen LogP contribution in [-0.4, -0.2) is 11.1 Å². The second kappa shape index (κ2) is 4.47. The molecule has 0 aromatic heterocycles. The largest absolute Gasteiger partial charge is 0.481 e. The Balaban J connectivity index is 2.95. The van der Waals surface area contributed by atoms with Gasteiger partial charge in [-0.1, -0.05) is 17.7 Å². The van der Waals surface area contributed by atoms with Crippen molar-refractivity contribution in [3.8, 4) is 0 Å². The van der Waals surface area contributed by atoms with E-state index < -0.39 is 5.97 Å². The first-order valence-electron chi connectivity index (χ1n) is 4.48. The normalized spacial score (nSPS) is 10.2. The molecule has 0 atom stereocenters. The van der Waals surface area contributed by atoms with Crippen molar-refractivity contribution >= 4 is 17.6 Å². The number of halogens is 1. The maximum absolute atomic E-state index is 10.4. The predicted octanol–water partition coefficient (Wildman–Crippen LogP) is 2.97. The number of carboxylic acid groups (broad SMARTS) is 1. The standard InChI is InChI=1S/C11H13ClO2/c1-7-3-5-10(12)9(8(7)2)4-6-11(13)14/h3,5H,4,6H2,1-2H3,(H,13,14). The minimum absolute atomic E-state index is 0.129. The highest BCUT2D eigenvalue weighted by atomic mass is 35.5. The summed E-state index contributed by atoms with van der Waals surface area (Å²) in [6.07, 6.45) is 0.631. The molecular weight excluding hydrogens is 200 g/mol. The number of carbonyl (C=O) groups is 1. The van der Waals surface area contributed by atoms with E-state index in [1.807, 2.05) is 26.0 Å². The van der Waals surface area contributed by atoms with Crippen molar-refractivity contribution in [3.63, 3.8) is 0 Å². The van der Waals surface area contributed by atoms with Crippen molar-refractivity contribution in [1.29, 1.82) is 0 Å². The topological polar surface area (TPSA) is 37.3 Å². The van der Waals surface area contributed by atoms with Gasteiger partial charge in [0.25, 0.3) is 0 Å². The summed E-state index contributed by atoms with van der Waals surface area (Å²) in [7, 11) is 0. The molecule has 0 radical (unpaired) electrons. The Bertz CT molecular complexity index is 359. The van der Waals surface area contributed by atoms with Gasteiger partial charge in [0.2, 0.25) is 0 Å². The van der Waals surface area contributed by atoms with E-state index in [9.17, 15) is 4.79 Å². The second-order valence-corrected chi connectivity index (χ2v) is 3.77. The third kappa shape index (κ3) is 2.48. The molecule has 1 rings (SSSR count). The molecule has 0 heterocycles. The summed E-state index contributed by atoms with van der Waals surface area (Å²) >= 11 is 5.99. The summed E-state index contributed by atoms with van der Waals surface area (Å²) in [5.41, 5.74) is 3.20. The van der Waals surface area contributed by atoms with Crippen molar-refractivity contribution in [2.75, 3.05) is 0 Å². The Kier molecular flexibility index (Phi) is 3.53. The Morgan fingerprint density at radius 1 is 1.43 bits per heavy atom. The van der Waals surface area contributed by atoms with E-state index in [-0.39, 0.29) is 6.42 Å². The highest BCUT2D eigenvalue weighted by Crippen LogP contribution is 2.23. The molecular formula is C11H13ClO2. The van der Waals surface area contributed by atoms with Crippen LogP contribution in [0.15, 0.2) is 12.1 Å². The maximum atomic E-state index is 10.4. The van der Waals surface area contributed by atoms with Crippen LogP contribution >= 0.6 is 11.6 Å². The van der Waals surface area contributed by atoms with Gasteiger partial charge in [-0.05, 0) is 43.0 Å². The molecule has 0 aliphatic carbocycles. The second-order valence-electron chi connectivity index (χ2n) is 3.36. The number of carboxylic acids is 1. The van der Waals surface area contributed by atoms with Gasteiger partial charge >= 0.3 is 5.97 Å². The summed E-state index contributed by atoms with van der Waals surface area (Å²) in [4.78, 5) is 10.4. The number of rotatable bonds is 3. The number of benzene rings is 1. The Morgan fingerprint density at radius 3 is 2.64 bits per heavy atom. The smallest absolute Gasteiger partial charge is 0.303 e. The summed E-state index contributed by atoms with van der Waals surface area (Å²) in [5, 5.41) is 9.24. The summed E-state index contributed by atoms with van der Waals surface area (Å²) < 4.78 is 0. The fourth-order valence-electron chi connectivity index (χ4n) is 1.38. The SMILES string of the molecule is Cc1ccc(Cl)c(CCC(=O)O)c1C. The van der Waals surface area contributed by atoms with Gasteiger partial charge in [0, 0.05) is 11.4 Å². The van der Waals surface area contributed by atoms with E-state index in [0.717, 1.165) is 16.7 Å². The predicted molar refractivity (Wildman–Crippen MR) is 56.9 cm³/mol. The molecule has 0 aliphatic rings. The van der Waals surface area contributed by atoms with E-state index in [2.05, 4.69) is 0 Å². The van der Waals surface area contributed by atoms with Gasteiger partial charge in [-0.15, -0.1) is 0 Å². The van der Waals surface area contributed by atoms with Crippen LogP contribution in [0.3, 0.4) is 0 Å². The average molecular weight is 213 g/mol. The molecule has 76 valence electrons. The van der Waals surface area contributed by atoms with Gasteiger partial charge in [0.05, 0.1) is 0 Å². The van der Waals surface area contributed by atoms with Crippen molar-refractivity contribution < 1.29 is 9.90 Å². The van der Waals surface area contributed by atoms with Crippen LogP contribution in [0.2, 0.25) is 5.02 Å². The molecule has 14 heavy (non-hydrogen) atoms. The molecule has 0 unspecified atom stereocenters. The minimum atomic E-state index is -0.790. The van der Waals surface area contributed by atoms with E-state index in [1.54, 1.807) is 0 Å². The van der Waals surface area contributed by atoms with Crippen molar-refractivity contribution in [3.05, 3.63) is 33.8 Å². The zero-order chi connectivity index (χ0) is 10.7. The summed E-state index contributed by atoms with van der Waals surface area (Å²) in [6.45, 7) is 3.97. The van der Waals surface area contributed by atoms with Gasteiger partial charge in [-0.2, -0.15) is 0 Å². The third-order valence-electron chi connectivity index (χ3n) is 2.40. The van der Waals surface area contributed by atoms with Gasteiger partial charge < -0.3 is 5.11 Å². The summed E-state index contributed by atoms with van der Waals surface area (Å²) in [6, 6.07) is 3.77. The fourth-order valence-corrected chi connectivity index (χ4v) is 1.68. The number of hydrogen-bond acceptors (Lipinski definition) is 1. The molecule has 0 bridgehead atoms. The van der Waals surface area contributed by atoms with Crippen LogP contribution in [0.5, 0.6) is 0 Å². The molecule has 0 aliphatic heterocycles. The fraction of sp³-hybridized carbons (Fsp3) is 0.364.